The lowest BCUT2D eigenvalue weighted by molar-refractivity contribution is 0.0916. The number of aliphatic hydroxyl groups is 1. The minimum Gasteiger partial charge on any atom is -0.394 e. The van der Waals surface area contributed by atoms with Gasteiger partial charge in [-0.3, -0.25) is 5.41 Å². The van der Waals surface area contributed by atoms with Crippen molar-refractivity contribution in [2.75, 3.05) is 19.8 Å². The van der Waals surface area contributed by atoms with Crippen LogP contribution in [0.1, 0.15) is 12.8 Å². The van der Waals surface area contributed by atoms with Crippen molar-refractivity contribution >= 4 is 18.2 Å². The molecule has 4 N–H and O–H groups in total. The Morgan fingerprint density at radius 1 is 1.45 bits per heavy atom. The van der Waals surface area contributed by atoms with Crippen molar-refractivity contribution in [2.45, 2.75) is 12.8 Å². The number of hydrogen-bond donors (Lipinski definition) is 3. The Labute approximate surface area is 72.7 Å². The van der Waals surface area contributed by atoms with Gasteiger partial charge in [0, 0.05) is 13.0 Å². The highest BCUT2D eigenvalue weighted by Gasteiger charge is 1.89. The van der Waals surface area contributed by atoms with Crippen LogP contribution >= 0.6 is 12.4 Å². The second kappa shape index (κ2) is 9.68. The lowest BCUT2D eigenvalue weighted by Crippen LogP contribution is -2.10. The zero-order valence-electron chi connectivity index (χ0n) is 6.38. The number of nitrogens with one attached hydrogen (secondary N) is 1. The third-order valence-corrected chi connectivity index (χ3v) is 0.970. The predicted octanol–water partition coefficient (Wildman–Crippen LogP) is 0.133. The average Bonchev–Trinajstić information content (AvgIpc) is 1.87. The number of ether oxygens (including phenoxy) is 1. The van der Waals surface area contributed by atoms with Gasteiger partial charge in [0.15, 0.2) is 0 Å². The maximum absolute atomic E-state index is 8.28. The van der Waals surface area contributed by atoms with E-state index in [-0.39, 0.29) is 24.8 Å². The molecule has 11 heavy (non-hydrogen) atoms. The van der Waals surface area contributed by atoms with Crippen molar-refractivity contribution in [1.29, 1.82) is 5.41 Å². The molecule has 0 aliphatic rings. The first kappa shape index (κ1) is 13.3. The Hall–Kier alpha value is -0.320. The number of nitrogens with two attached hydrogens (primary N) is 1. The summed E-state index contributed by atoms with van der Waals surface area (Å²) in [6.07, 6.45) is 1.33. The van der Waals surface area contributed by atoms with Crippen LogP contribution in [0.25, 0.3) is 0 Å². The summed E-state index contributed by atoms with van der Waals surface area (Å²) in [6, 6.07) is 0. The fourth-order valence-electron chi connectivity index (χ4n) is 0.531. The molecule has 0 spiro atoms. The van der Waals surface area contributed by atoms with Gasteiger partial charge in [-0.1, -0.05) is 0 Å². The summed E-state index contributed by atoms with van der Waals surface area (Å²) in [5.74, 6) is 0.188. The monoisotopic (exact) mass is 182 g/mol. The van der Waals surface area contributed by atoms with Gasteiger partial charge in [-0.2, -0.15) is 0 Å². The highest BCUT2D eigenvalue weighted by molar-refractivity contribution is 5.85. The smallest absolute Gasteiger partial charge is 0.0906 e. The lowest BCUT2D eigenvalue weighted by Gasteiger charge is -1.99. The zero-order valence-corrected chi connectivity index (χ0v) is 7.19. The van der Waals surface area contributed by atoms with Gasteiger partial charge >= 0.3 is 0 Å². The second-order valence-corrected chi connectivity index (χ2v) is 1.96. The minimum atomic E-state index is 0. The Morgan fingerprint density at radius 2 is 2.09 bits per heavy atom. The number of rotatable bonds is 6. The van der Waals surface area contributed by atoms with Gasteiger partial charge in [0.05, 0.1) is 19.0 Å². The first-order valence-electron chi connectivity index (χ1n) is 3.29. The SMILES string of the molecule is Cl.N=C(N)CCCOCCO. The summed E-state index contributed by atoms with van der Waals surface area (Å²) in [6.45, 7) is 0.998. The third-order valence-electron chi connectivity index (χ3n) is 0.970. The predicted molar refractivity (Wildman–Crippen MR) is 46.3 cm³/mol. The summed E-state index contributed by atoms with van der Waals surface area (Å²) in [5.41, 5.74) is 5.09. The molecular formula is C6H15ClN2O2. The van der Waals surface area contributed by atoms with Crippen LogP contribution in [0.3, 0.4) is 0 Å². The van der Waals surface area contributed by atoms with Crippen LogP contribution in [-0.4, -0.2) is 30.8 Å². The van der Waals surface area contributed by atoms with Gasteiger partial charge in [0.2, 0.25) is 0 Å². The van der Waals surface area contributed by atoms with Gasteiger partial charge in [-0.25, -0.2) is 0 Å². The van der Waals surface area contributed by atoms with E-state index < -0.39 is 0 Å². The van der Waals surface area contributed by atoms with Crippen LogP contribution < -0.4 is 5.73 Å². The normalized spacial score (nSPS) is 8.82. The van der Waals surface area contributed by atoms with Crippen molar-refractivity contribution in [3.05, 3.63) is 0 Å². The second-order valence-electron chi connectivity index (χ2n) is 1.96. The van der Waals surface area contributed by atoms with Crippen molar-refractivity contribution in [2.24, 2.45) is 5.73 Å². The van der Waals surface area contributed by atoms with Crippen LogP contribution in [0, 0.1) is 5.41 Å². The van der Waals surface area contributed by atoms with Crippen LogP contribution in [-0.2, 0) is 4.74 Å². The van der Waals surface area contributed by atoms with E-state index in [1.54, 1.807) is 0 Å². The molecule has 4 nitrogen and oxygen atoms in total. The van der Waals surface area contributed by atoms with Gasteiger partial charge in [0.1, 0.15) is 0 Å². The highest BCUT2D eigenvalue weighted by atomic mass is 35.5. The summed E-state index contributed by atoms with van der Waals surface area (Å²) >= 11 is 0. The molecule has 0 aliphatic heterocycles. The van der Waals surface area contributed by atoms with E-state index in [4.69, 9.17) is 21.0 Å². The molecule has 5 heteroatoms. The minimum absolute atomic E-state index is 0. The topological polar surface area (TPSA) is 79.3 Å². The summed E-state index contributed by atoms with van der Waals surface area (Å²) in [4.78, 5) is 0. The average molecular weight is 183 g/mol. The van der Waals surface area contributed by atoms with Gasteiger partial charge in [-0.15, -0.1) is 12.4 Å². The van der Waals surface area contributed by atoms with E-state index in [1.165, 1.54) is 0 Å². The molecule has 0 aromatic carbocycles. The summed E-state index contributed by atoms with van der Waals surface area (Å²) in [5, 5.41) is 15.1. The molecule has 0 aromatic rings. The Bertz CT molecular complexity index is 101. The van der Waals surface area contributed by atoms with Crippen molar-refractivity contribution in [3.63, 3.8) is 0 Å². The van der Waals surface area contributed by atoms with Crippen molar-refractivity contribution < 1.29 is 9.84 Å². The molecule has 68 valence electrons. The van der Waals surface area contributed by atoms with E-state index in [1.807, 2.05) is 0 Å². The molecule has 0 saturated heterocycles. The maximum Gasteiger partial charge on any atom is 0.0906 e. The molecule has 0 fully saturated rings. The molecule has 0 bridgehead atoms. The molecule has 0 aromatic heterocycles. The number of halogens is 1. The van der Waals surface area contributed by atoms with E-state index >= 15 is 0 Å². The molecule has 0 rings (SSSR count). The Kier molecular flexibility index (Phi) is 11.7. The summed E-state index contributed by atoms with van der Waals surface area (Å²) < 4.78 is 4.93. The first-order valence-corrected chi connectivity index (χ1v) is 3.29. The maximum atomic E-state index is 8.28. The van der Waals surface area contributed by atoms with Crippen LogP contribution in [0.15, 0.2) is 0 Å². The fraction of sp³-hybridized carbons (Fsp3) is 0.833. The molecule has 0 amide bonds. The van der Waals surface area contributed by atoms with E-state index in [0.717, 1.165) is 6.42 Å². The molecule has 0 atom stereocenters. The molecule has 0 unspecified atom stereocenters. The van der Waals surface area contributed by atoms with Crippen LogP contribution in [0.2, 0.25) is 0 Å². The number of aliphatic hydroxyl groups excluding tert-OH is 1. The molecule has 0 aliphatic carbocycles. The number of hydrogen-bond acceptors (Lipinski definition) is 3. The standard InChI is InChI=1S/C6H14N2O2.ClH/c7-6(8)2-1-4-10-5-3-9;/h9H,1-5H2,(H3,7,8);1H. The Morgan fingerprint density at radius 3 is 2.55 bits per heavy atom. The van der Waals surface area contributed by atoms with Crippen LogP contribution in [0.4, 0.5) is 0 Å². The molecule has 0 heterocycles. The molecule has 0 radical (unpaired) electrons. The van der Waals surface area contributed by atoms with Gasteiger partial charge < -0.3 is 15.6 Å². The van der Waals surface area contributed by atoms with Gasteiger partial charge in [-0.05, 0) is 6.42 Å². The number of amidine groups is 1. The zero-order chi connectivity index (χ0) is 7.82. The van der Waals surface area contributed by atoms with E-state index in [2.05, 4.69) is 0 Å². The fourth-order valence-corrected chi connectivity index (χ4v) is 0.531. The van der Waals surface area contributed by atoms with E-state index in [0.29, 0.717) is 19.6 Å². The summed E-state index contributed by atoms with van der Waals surface area (Å²) in [7, 11) is 0. The van der Waals surface area contributed by atoms with Crippen molar-refractivity contribution in [3.8, 4) is 0 Å². The Balaban J connectivity index is 0. The molecule has 0 saturated carbocycles. The quantitative estimate of drug-likeness (QED) is 0.311. The largest absolute Gasteiger partial charge is 0.394 e. The van der Waals surface area contributed by atoms with Gasteiger partial charge in [0.25, 0.3) is 0 Å². The van der Waals surface area contributed by atoms with E-state index in [9.17, 15) is 0 Å². The van der Waals surface area contributed by atoms with Crippen LogP contribution in [0.5, 0.6) is 0 Å². The third kappa shape index (κ3) is 12.8. The first-order chi connectivity index (χ1) is 4.77. The lowest BCUT2D eigenvalue weighted by atomic mass is 10.3. The molecular weight excluding hydrogens is 168 g/mol. The van der Waals surface area contributed by atoms with Crippen molar-refractivity contribution in [1.82, 2.24) is 0 Å². The highest BCUT2D eigenvalue weighted by Crippen LogP contribution is 1.87.